The zero-order valence-corrected chi connectivity index (χ0v) is 6.66. The van der Waals surface area contributed by atoms with Gasteiger partial charge in [-0.1, -0.05) is 12.1 Å². The lowest BCUT2D eigenvalue weighted by molar-refractivity contribution is 0.355. The Bertz CT molecular complexity index is 492. The molecule has 0 atom stereocenters. The van der Waals surface area contributed by atoms with Crippen LogP contribution in [0.4, 0.5) is 4.39 Å². The van der Waals surface area contributed by atoms with E-state index in [1.54, 1.807) is 24.3 Å². The molecule has 0 spiro atoms. The first-order valence-electron chi connectivity index (χ1n) is 3.76. The molecule has 0 bridgehead atoms. The molecule has 0 aliphatic heterocycles. The molecule has 0 aliphatic rings. The smallest absolute Gasteiger partial charge is 0.346 e. The predicted octanol–water partition coefficient (Wildman–Crippen LogP) is 1.66. The van der Waals surface area contributed by atoms with Crippen LogP contribution in [0, 0.1) is 0 Å². The van der Waals surface area contributed by atoms with Gasteiger partial charge >= 0.3 is 5.63 Å². The fourth-order valence-corrected chi connectivity index (χ4v) is 1.12. The maximum atomic E-state index is 12.1. The molecule has 3 nitrogen and oxygen atoms in total. The highest BCUT2D eigenvalue weighted by Crippen LogP contribution is 2.07. The van der Waals surface area contributed by atoms with Crippen molar-refractivity contribution in [3.8, 4) is 0 Å². The zero-order valence-electron chi connectivity index (χ0n) is 6.66. The van der Waals surface area contributed by atoms with Gasteiger partial charge in [0.25, 0.3) is 0 Å². The molecular formula is C9H6FNO2. The van der Waals surface area contributed by atoms with E-state index in [0.29, 0.717) is 10.9 Å². The number of nitrogens with zero attached hydrogens (tertiary/aromatic N) is 1. The minimum absolute atomic E-state index is 0.177. The Balaban J connectivity index is 2.85. The predicted molar refractivity (Wildman–Crippen MR) is 45.1 cm³/mol. The second-order valence-corrected chi connectivity index (χ2v) is 2.55. The standard InChI is InChI=1S/C9H6FNO2/c10-5-8-11-7-4-2-1-3-6(7)9(12)13-8/h1-4H,5H2. The Kier molecular flexibility index (Phi) is 1.81. The third-order valence-electron chi connectivity index (χ3n) is 1.69. The fraction of sp³-hybridized carbons (Fsp3) is 0.111. The van der Waals surface area contributed by atoms with Crippen LogP contribution in [0.5, 0.6) is 0 Å². The number of aromatic nitrogens is 1. The first-order valence-corrected chi connectivity index (χ1v) is 3.76. The van der Waals surface area contributed by atoms with Crippen molar-refractivity contribution in [3.63, 3.8) is 0 Å². The van der Waals surface area contributed by atoms with Gasteiger partial charge in [0.2, 0.25) is 5.89 Å². The molecule has 1 aromatic carbocycles. The average molecular weight is 179 g/mol. The Morgan fingerprint density at radius 3 is 2.92 bits per heavy atom. The maximum Gasteiger partial charge on any atom is 0.346 e. The summed E-state index contributed by atoms with van der Waals surface area (Å²) in [5.74, 6) is -0.177. The Hall–Kier alpha value is -1.71. The van der Waals surface area contributed by atoms with Crippen molar-refractivity contribution in [1.29, 1.82) is 0 Å². The largest absolute Gasteiger partial charge is 0.405 e. The molecule has 0 unspecified atom stereocenters. The van der Waals surface area contributed by atoms with Gasteiger partial charge in [0.1, 0.15) is 0 Å². The molecule has 0 amide bonds. The molecule has 66 valence electrons. The minimum Gasteiger partial charge on any atom is -0.405 e. The van der Waals surface area contributed by atoms with Gasteiger partial charge in [-0.2, -0.15) is 0 Å². The number of halogens is 1. The first-order chi connectivity index (χ1) is 6.31. The zero-order chi connectivity index (χ0) is 9.26. The van der Waals surface area contributed by atoms with Gasteiger partial charge in [-0.05, 0) is 12.1 Å². The summed E-state index contributed by atoms with van der Waals surface area (Å²) < 4.78 is 16.7. The second-order valence-electron chi connectivity index (χ2n) is 2.55. The Labute approximate surface area is 72.8 Å². The number of hydrogen-bond donors (Lipinski definition) is 0. The van der Waals surface area contributed by atoms with Crippen LogP contribution in [-0.4, -0.2) is 4.98 Å². The highest BCUT2D eigenvalue weighted by atomic mass is 19.1. The summed E-state index contributed by atoms with van der Waals surface area (Å²) in [6, 6.07) is 6.68. The molecule has 0 fully saturated rings. The number of rotatable bonds is 1. The summed E-state index contributed by atoms with van der Waals surface area (Å²) in [5, 5.41) is 0.375. The minimum atomic E-state index is -0.861. The molecule has 0 aliphatic carbocycles. The summed E-state index contributed by atoms with van der Waals surface area (Å²) in [4.78, 5) is 15.0. The summed E-state index contributed by atoms with van der Waals surface area (Å²) in [6.07, 6.45) is 0. The second kappa shape index (κ2) is 2.97. The summed E-state index contributed by atoms with van der Waals surface area (Å²) in [6.45, 7) is -0.861. The van der Waals surface area contributed by atoms with Gasteiger partial charge in [-0.15, -0.1) is 0 Å². The van der Waals surface area contributed by atoms with Crippen LogP contribution in [0.3, 0.4) is 0 Å². The van der Waals surface area contributed by atoms with Gasteiger partial charge in [-0.3, -0.25) is 0 Å². The molecule has 2 aromatic rings. The van der Waals surface area contributed by atoms with E-state index >= 15 is 0 Å². The van der Waals surface area contributed by atoms with Gasteiger partial charge in [-0.25, -0.2) is 14.2 Å². The Morgan fingerprint density at radius 2 is 2.15 bits per heavy atom. The molecule has 0 saturated carbocycles. The molecule has 0 N–H and O–H groups in total. The van der Waals surface area contributed by atoms with E-state index < -0.39 is 12.3 Å². The first kappa shape index (κ1) is 7.91. The molecule has 0 radical (unpaired) electrons. The fourth-order valence-electron chi connectivity index (χ4n) is 1.12. The van der Waals surface area contributed by atoms with Crippen molar-refractivity contribution in [2.75, 3.05) is 0 Å². The number of para-hydroxylation sites is 1. The number of benzene rings is 1. The van der Waals surface area contributed by atoms with Crippen molar-refractivity contribution in [1.82, 2.24) is 4.98 Å². The molecule has 1 heterocycles. The van der Waals surface area contributed by atoms with E-state index in [2.05, 4.69) is 9.40 Å². The SMILES string of the molecule is O=c1oc(CF)nc2ccccc12. The third-order valence-corrected chi connectivity index (χ3v) is 1.69. The van der Waals surface area contributed by atoms with Crippen LogP contribution in [-0.2, 0) is 6.67 Å². The molecule has 1 aromatic heterocycles. The monoisotopic (exact) mass is 179 g/mol. The van der Waals surface area contributed by atoms with Gasteiger partial charge in [0.15, 0.2) is 6.67 Å². The lowest BCUT2D eigenvalue weighted by Crippen LogP contribution is -2.03. The molecular weight excluding hydrogens is 173 g/mol. The lowest BCUT2D eigenvalue weighted by atomic mass is 10.2. The van der Waals surface area contributed by atoms with Crippen molar-refractivity contribution < 1.29 is 8.81 Å². The van der Waals surface area contributed by atoms with E-state index in [-0.39, 0.29) is 5.89 Å². The van der Waals surface area contributed by atoms with Crippen molar-refractivity contribution in [2.24, 2.45) is 0 Å². The molecule has 13 heavy (non-hydrogen) atoms. The topological polar surface area (TPSA) is 43.1 Å². The quantitative estimate of drug-likeness (QED) is 0.668. The average Bonchev–Trinajstić information content (AvgIpc) is 2.18. The van der Waals surface area contributed by atoms with Crippen molar-refractivity contribution >= 4 is 10.9 Å². The molecule has 2 rings (SSSR count). The van der Waals surface area contributed by atoms with Gasteiger partial charge in [0, 0.05) is 0 Å². The lowest BCUT2D eigenvalue weighted by Gasteiger charge is -1.95. The van der Waals surface area contributed by atoms with E-state index in [0.717, 1.165) is 0 Å². The van der Waals surface area contributed by atoms with Crippen LogP contribution < -0.4 is 5.63 Å². The van der Waals surface area contributed by atoms with Crippen LogP contribution in [0.15, 0.2) is 33.5 Å². The van der Waals surface area contributed by atoms with Crippen molar-refractivity contribution in [3.05, 3.63) is 40.6 Å². The molecule has 4 heteroatoms. The summed E-state index contributed by atoms with van der Waals surface area (Å²) in [5.41, 5.74) is -0.0790. The summed E-state index contributed by atoms with van der Waals surface area (Å²) in [7, 11) is 0. The van der Waals surface area contributed by atoms with E-state index in [1.165, 1.54) is 0 Å². The highest BCUT2D eigenvalue weighted by Gasteiger charge is 2.03. The number of fused-ring (bicyclic) bond motifs is 1. The van der Waals surface area contributed by atoms with E-state index in [1.807, 2.05) is 0 Å². The summed E-state index contributed by atoms with van der Waals surface area (Å²) >= 11 is 0. The maximum absolute atomic E-state index is 12.1. The molecule has 0 saturated heterocycles. The number of alkyl halides is 1. The van der Waals surface area contributed by atoms with Crippen LogP contribution >= 0.6 is 0 Å². The normalized spacial score (nSPS) is 10.5. The van der Waals surface area contributed by atoms with Crippen LogP contribution in [0.2, 0.25) is 0 Å². The van der Waals surface area contributed by atoms with E-state index in [4.69, 9.17) is 0 Å². The highest BCUT2D eigenvalue weighted by molar-refractivity contribution is 5.76. The third kappa shape index (κ3) is 1.30. The van der Waals surface area contributed by atoms with Crippen LogP contribution in [0.1, 0.15) is 5.89 Å². The van der Waals surface area contributed by atoms with Crippen LogP contribution in [0.25, 0.3) is 10.9 Å². The van der Waals surface area contributed by atoms with E-state index in [9.17, 15) is 9.18 Å². The van der Waals surface area contributed by atoms with Gasteiger partial charge in [0.05, 0.1) is 10.9 Å². The number of hydrogen-bond acceptors (Lipinski definition) is 3. The Morgan fingerprint density at radius 1 is 1.38 bits per heavy atom. The van der Waals surface area contributed by atoms with Gasteiger partial charge < -0.3 is 4.42 Å². The van der Waals surface area contributed by atoms with Crippen molar-refractivity contribution in [2.45, 2.75) is 6.67 Å².